The van der Waals surface area contributed by atoms with E-state index in [1.165, 1.54) is 43.5 Å². The predicted octanol–water partition coefficient (Wildman–Crippen LogP) is 0.861. The molecule has 0 saturated heterocycles. The molecular weight excluding hydrogens is 318 g/mol. The number of benzene rings is 1. The number of hydrogen-bond acceptors (Lipinski definition) is 5. The van der Waals surface area contributed by atoms with Gasteiger partial charge in [-0.2, -0.15) is 0 Å². The zero-order valence-corrected chi connectivity index (χ0v) is 12.8. The molecule has 1 heterocycles. The van der Waals surface area contributed by atoms with E-state index in [9.17, 15) is 24.5 Å². The topological polar surface area (TPSA) is 124 Å². The molecule has 0 radical (unpaired) electrons. The van der Waals surface area contributed by atoms with Crippen molar-refractivity contribution in [3.05, 3.63) is 72.0 Å². The molecule has 24 heavy (non-hydrogen) atoms. The zero-order valence-electron chi connectivity index (χ0n) is 12.8. The number of aromatic nitrogens is 2. The Morgan fingerprint density at radius 1 is 1.12 bits per heavy atom. The van der Waals surface area contributed by atoms with Gasteiger partial charge in [0.15, 0.2) is 0 Å². The quantitative estimate of drug-likeness (QED) is 0.654. The van der Waals surface area contributed by atoms with Crippen LogP contribution in [0.15, 0.2) is 33.9 Å². The summed E-state index contributed by atoms with van der Waals surface area (Å²) in [7, 11) is 2.48. The van der Waals surface area contributed by atoms with Crippen LogP contribution in [0, 0.1) is 10.1 Å². The molecule has 9 heteroatoms. The lowest BCUT2D eigenvalue weighted by Gasteiger charge is -2.06. The van der Waals surface area contributed by atoms with E-state index < -0.39 is 27.8 Å². The molecule has 0 saturated carbocycles. The predicted molar refractivity (Wildman–Crippen MR) is 85.9 cm³/mol. The summed E-state index contributed by atoms with van der Waals surface area (Å²) in [6.45, 7) is 0. The van der Waals surface area contributed by atoms with Gasteiger partial charge in [-0.15, -0.1) is 0 Å². The Hall–Kier alpha value is -3.49. The molecule has 0 aliphatic heterocycles. The molecule has 0 bridgehead atoms. The van der Waals surface area contributed by atoms with Crippen LogP contribution < -0.4 is 11.2 Å². The molecular formula is C15H13N3O6. The van der Waals surface area contributed by atoms with Gasteiger partial charge in [0.25, 0.3) is 0 Å². The highest BCUT2D eigenvalue weighted by atomic mass is 16.6. The normalized spacial score (nSPS) is 10.9. The van der Waals surface area contributed by atoms with Crippen LogP contribution in [0.25, 0.3) is 12.2 Å². The molecule has 0 aliphatic rings. The summed E-state index contributed by atoms with van der Waals surface area (Å²) < 4.78 is 1.67. The van der Waals surface area contributed by atoms with Crippen LogP contribution in [-0.4, -0.2) is 25.1 Å². The van der Waals surface area contributed by atoms with Crippen molar-refractivity contribution in [2.24, 2.45) is 14.1 Å². The number of aromatic carboxylic acids is 1. The lowest BCUT2D eigenvalue weighted by Crippen LogP contribution is -2.39. The first kappa shape index (κ1) is 16.9. The first-order chi connectivity index (χ1) is 11.2. The first-order valence-electron chi connectivity index (χ1n) is 6.70. The smallest absolute Gasteiger partial charge is 0.357 e. The first-order valence-corrected chi connectivity index (χ1v) is 6.70. The van der Waals surface area contributed by atoms with Gasteiger partial charge in [0.05, 0.1) is 10.5 Å². The van der Waals surface area contributed by atoms with Crippen molar-refractivity contribution >= 4 is 23.8 Å². The lowest BCUT2D eigenvalue weighted by atomic mass is 10.1. The Bertz CT molecular complexity index is 966. The second-order valence-electron chi connectivity index (χ2n) is 4.96. The average Bonchev–Trinajstić information content (AvgIpc) is 2.54. The standard InChI is InChI=1S/C15H13N3O6/c1-16-11(12(18(23)24)13(19)17(2)15(16)22)8-5-9-3-6-10(7-4-9)14(20)21/h3-8H,1-2H3,(H,20,21)/b8-5+. The number of hydrogen-bond donors (Lipinski definition) is 1. The van der Waals surface area contributed by atoms with Crippen LogP contribution in [0.4, 0.5) is 5.69 Å². The third kappa shape index (κ3) is 3.00. The number of carboxylic acids is 1. The number of nitro groups is 1. The second-order valence-corrected chi connectivity index (χ2v) is 4.96. The fourth-order valence-corrected chi connectivity index (χ4v) is 2.12. The third-order valence-corrected chi connectivity index (χ3v) is 3.46. The lowest BCUT2D eigenvalue weighted by molar-refractivity contribution is -0.387. The molecule has 1 N–H and O–H groups in total. The average molecular weight is 331 g/mol. The SMILES string of the molecule is Cn1c(/C=C/c2ccc(C(=O)O)cc2)c([N+](=O)[O-])c(=O)n(C)c1=O. The van der Waals surface area contributed by atoms with Gasteiger partial charge < -0.3 is 5.11 Å². The van der Waals surface area contributed by atoms with Gasteiger partial charge in [-0.1, -0.05) is 18.2 Å². The van der Waals surface area contributed by atoms with Crippen molar-refractivity contribution in [3.63, 3.8) is 0 Å². The minimum Gasteiger partial charge on any atom is -0.478 e. The Kier molecular flexibility index (Phi) is 4.45. The summed E-state index contributed by atoms with van der Waals surface area (Å²) in [6.07, 6.45) is 2.73. The molecule has 0 unspecified atom stereocenters. The summed E-state index contributed by atoms with van der Waals surface area (Å²) in [4.78, 5) is 45.0. The summed E-state index contributed by atoms with van der Waals surface area (Å²) >= 11 is 0. The van der Waals surface area contributed by atoms with Crippen molar-refractivity contribution in [1.82, 2.24) is 9.13 Å². The maximum atomic E-state index is 11.9. The summed E-state index contributed by atoms with van der Waals surface area (Å²) in [6, 6.07) is 5.76. The Morgan fingerprint density at radius 3 is 2.21 bits per heavy atom. The van der Waals surface area contributed by atoms with Gasteiger partial charge in [-0.3, -0.25) is 24.0 Å². The maximum Gasteiger partial charge on any atom is 0.357 e. The minimum absolute atomic E-state index is 0.0964. The summed E-state index contributed by atoms with van der Waals surface area (Å²) in [5.74, 6) is -1.07. The van der Waals surface area contributed by atoms with E-state index in [1.54, 1.807) is 0 Å². The molecule has 0 spiro atoms. The van der Waals surface area contributed by atoms with E-state index >= 15 is 0 Å². The van der Waals surface area contributed by atoms with E-state index in [0.717, 1.165) is 11.6 Å². The zero-order chi connectivity index (χ0) is 18.0. The minimum atomic E-state index is -1.07. The molecule has 0 fully saturated rings. The van der Waals surface area contributed by atoms with Crippen LogP contribution in [0.2, 0.25) is 0 Å². The summed E-state index contributed by atoms with van der Waals surface area (Å²) in [5.41, 5.74) is -1.88. The van der Waals surface area contributed by atoms with E-state index in [2.05, 4.69) is 0 Å². The Labute approximate surface area is 134 Å². The highest BCUT2D eigenvalue weighted by molar-refractivity contribution is 5.88. The van der Waals surface area contributed by atoms with Gasteiger partial charge in [0.1, 0.15) is 5.69 Å². The second kappa shape index (κ2) is 6.32. The Morgan fingerprint density at radius 2 is 1.71 bits per heavy atom. The van der Waals surface area contributed by atoms with Crippen LogP contribution in [0.5, 0.6) is 0 Å². The van der Waals surface area contributed by atoms with E-state index in [-0.39, 0.29) is 11.3 Å². The van der Waals surface area contributed by atoms with Crippen molar-refractivity contribution in [3.8, 4) is 0 Å². The highest BCUT2D eigenvalue weighted by Gasteiger charge is 2.23. The van der Waals surface area contributed by atoms with Crippen LogP contribution >= 0.6 is 0 Å². The maximum absolute atomic E-state index is 11.9. The van der Waals surface area contributed by atoms with Crippen LogP contribution in [-0.2, 0) is 14.1 Å². The fourth-order valence-electron chi connectivity index (χ4n) is 2.12. The van der Waals surface area contributed by atoms with Crippen molar-refractivity contribution < 1.29 is 14.8 Å². The number of rotatable bonds is 4. The van der Waals surface area contributed by atoms with Gasteiger partial charge >= 0.3 is 22.9 Å². The van der Waals surface area contributed by atoms with E-state index in [4.69, 9.17) is 5.11 Å². The number of carboxylic acid groups (broad SMARTS) is 1. The third-order valence-electron chi connectivity index (χ3n) is 3.46. The molecule has 1 aromatic carbocycles. The molecule has 2 aromatic rings. The fraction of sp³-hybridized carbons (Fsp3) is 0.133. The molecule has 1 aromatic heterocycles. The van der Waals surface area contributed by atoms with Gasteiger partial charge in [0, 0.05) is 14.1 Å². The number of carbonyl (C=O) groups is 1. The molecule has 2 rings (SSSR count). The Balaban J connectivity index is 2.57. The van der Waals surface area contributed by atoms with E-state index in [0.29, 0.717) is 10.1 Å². The molecule has 0 amide bonds. The molecule has 0 atom stereocenters. The molecule has 124 valence electrons. The summed E-state index contributed by atoms with van der Waals surface area (Å²) in [5, 5.41) is 20.0. The van der Waals surface area contributed by atoms with Crippen LogP contribution in [0.1, 0.15) is 21.6 Å². The molecule has 9 nitrogen and oxygen atoms in total. The van der Waals surface area contributed by atoms with Crippen molar-refractivity contribution in [2.75, 3.05) is 0 Å². The van der Waals surface area contributed by atoms with Gasteiger partial charge in [-0.25, -0.2) is 9.59 Å². The monoisotopic (exact) mass is 331 g/mol. The van der Waals surface area contributed by atoms with Crippen molar-refractivity contribution in [2.45, 2.75) is 0 Å². The van der Waals surface area contributed by atoms with E-state index in [1.807, 2.05) is 0 Å². The van der Waals surface area contributed by atoms with Crippen LogP contribution in [0.3, 0.4) is 0 Å². The van der Waals surface area contributed by atoms with Gasteiger partial charge in [-0.05, 0) is 23.8 Å². The highest BCUT2D eigenvalue weighted by Crippen LogP contribution is 2.15. The number of nitrogens with zero attached hydrogens (tertiary/aromatic N) is 3. The molecule has 0 aliphatic carbocycles. The largest absolute Gasteiger partial charge is 0.478 e. The van der Waals surface area contributed by atoms with Gasteiger partial charge in [0.2, 0.25) is 0 Å². The van der Waals surface area contributed by atoms with Crippen molar-refractivity contribution in [1.29, 1.82) is 0 Å².